The fourth-order valence-electron chi connectivity index (χ4n) is 3.75. The van der Waals surface area contributed by atoms with Crippen molar-refractivity contribution >= 4 is 0 Å². The highest BCUT2D eigenvalue weighted by Gasteiger charge is 2.66. The lowest BCUT2D eigenvalue weighted by Crippen LogP contribution is -2.32. The van der Waals surface area contributed by atoms with Crippen LogP contribution in [-0.4, -0.2) is 20.2 Å². The second-order valence-corrected chi connectivity index (χ2v) is 6.83. The molecule has 1 unspecified atom stereocenters. The summed E-state index contributed by atoms with van der Waals surface area (Å²) in [6.45, 7) is 9.52. The average molecular weight is 261 g/mol. The fraction of sp³-hybridized carbons (Fsp3) is 0.647. The van der Waals surface area contributed by atoms with Gasteiger partial charge in [0.25, 0.3) is 0 Å². The molecule has 1 aliphatic carbocycles. The molecule has 2 nitrogen and oxygen atoms in total. The number of hydrogen-bond acceptors (Lipinski definition) is 2. The highest BCUT2D eigenvalue weighted by atomic mass is 16.5. The molecule has 0 spiro atoms. The number of likely N-dealkylation sites (N-methyl/N-ethyl adjacent to an activating group) is 1. The van der Waals surface area contributed by atoms with Crippen molar-refractivity contribution in [3.8, 4) is 5.75 Å². The minimum absolute atomic E-state index is 0.405. The van der Waals surface area contributed by atoms with Gasteiger partial charge in [0.15, 0.2) is 0 Å². The fourth-order valence-corrected chi connectivity index (χ4v) is 3.75. The summed E-state index contributed by atoms with van der Waals surface area (Å²) in [5.41, 5.74) is 2.11. The van der Waals surface area contributed by atoms with Gasteiger partial charge in [0, 0.05) is 6.04 Å². The second kappa shape index (κ2) is 4.82. The minimum Gasteiger partial charge on any atom is -0.496 e. The third-order valence-corrected chi connectivity index (χ3v) is 5.54. The smallest absolute Gasteiger partial charge is 0.122 e. The third kappa shape index (κ3) is 2.27. The molecule has 0 heterocycles. The standard InChI is InChI=1S/C17H27NO/c1-16(2)15(17(16,3)4)13(18-5)11-12-9-7-8-10-14(12)19-6/h7-10,13,15,18H,11H2,1-6H3. The zero-order valence-electron chi connectivity index (χ0n) is 13.1. The predicted molar refractivity (Wildman–Crippen MR) is 80.6 cm³/mol. The maximum Gasteiger partial charge on any atom is 0.122 e. The van der Waals surface area contributed by atoms with Crippen LogP contribution < -0.4 is 10.1 Å². The molecule has 1 fully saturated rings. The predicted octanol–water partition coefficient (Wildman–Crippen LogP) is 3.51. The van der Waals surface area contributed by atoms with Gasteiger partial charge in [-0.3, -0.25) is 0 Å². The van der Waals surface area contributed by atoms with Crippen molar-refractivity contribution in [3.63, 3.8) is 0 Å². The van der Waals surface area contributed by atoms with E-state index >= 15 is 0 Å². The van der Waals surface area contributed by atoms with Crippen LogP contribution in [0.15, 0.2) is 24.3 Å². The van der Waals surface area contributed by atoms with E-state index in [1.54, 1.807) is 7.11 Å². The van der Waals surface area contributed by atoms with Crippen molar-refractivity contribution in [1.82, 2.24) is 5.32 Å². The zero-order valence-corrected chi connectivity index (χ0v) is 13.1. The SMILES string of the molecule is CNC(Cc1ccccc1OC)C1C(C)(C)C1(C)C. The van der Waals surface area contributed by atoms with E-state index in [0.29, 0.717) is 22.8 Å². The molecule has 1 saturated carbocycles. The molecule has 0 radical (unpaired) electrons. The van der Waals surface area contributed by atoms with Crippen molar-refractivity contribution in [1.29, 1.82) is 0 Å². The molecule has 2 rings (SSSR count). The number of methoxy groups -OCH3 is 1. The molecule has 0 saturated heterocycles. The molecule has 1 atom stereocenters. The number of nitrogens with one attached hydrogen (secondary N) is 1. The summed E-state index contributed by atoms with van der Waals surface area (Å²) < 4.78 is 5.47. The average Bonchev–Trinajstić information content (AvgIpc) is 2.78. The maximum absolute atomic E-state index is 5.47. The molecular weight excluding hydrogens is 234 g/mol. The van der Waals surface area contributed by atoms with Gasteiger partial charge in [0.05, 0.1) is 7.11 Å². The van der Waals surface area contributed by atoms with E-state index < -0.39 is 0 Å². The first-order valence-corrected chi connectivity index (χ1v) is 7.15. The van der Waals surface area contributed by atoms with E-state index in [0.717, 1.165) is 12.2 Å². The van der Waals surface area contributed by atoms with E-state index in [1.165, 1.54) is 5.56 Å². The van der Waals surface area contributed by atoms with Gasteiger partial charge in [-0.1, -0.05) is 45.9 Å². The zero-order chi connectivity index (χ0) is 14.3. The molecule has 1 aromatic rings. The normalized spacial score (nSPS) is 22.0. The number of ether oxygens (including phenoxy) is 1. The summed E-state index contributed by atoms with van der Waals surface area (Å²) in [6.07, 6.45) is 1.03. The summed E-state index contributed by atoms with van der Waals surface area (Å²) in [6, 6.07) is 8.84. The van der Waals surface area contributed by atoms with Crippen molar-refractivity contribution < 1.29 is 4.74 Å². The number of para-hydroxylation sites is 1. The van der Waals surface area contributed by atoms with Crippen LogP contribution in [-0.2, 0) is 6.42 Å². The molecule has 0 aromatic heterocycles. The molecule has 2 heteroatoms. The first-order chi connectivity index (χ1) is 8.86. The molecule has 106 valence electrons. The lowest BCUT2D eigenvalue weighted by Gasteiger charge is -2.20. The van der Waals surface area contributed by atoms with Gasteiger partial charge < -0.3 is 10.1 Å². The second-order valence-electron chi connectivity index (χ2n) is 6.83. The Hall–Kier alpha value is -1.02. The Morgan fingerprint density at radius 1 is 1.16 bits per heavy atom. The summed E-state index contributed by atoms with van der Waals surface area (Å²) in [4.78, 5) is 0. The number of hydrogen-bond donors (Lipinski definition) is 1. The Bertz CT molecular complexity index is 436. The van der Waals surface area contributed by atoms with Crippen LogP contribution in [0.5, 0.6) is 5.75 Å². The van der Waals surface area contributed by atoms with E-state index in [4.69, 9.17) is 4.74 Å². The minimum atomic E-state index is 0.405. The summed E-state index contributed by atoms with van der Waals surface area (Å²) in [7, 11) is 3.82. The molecule has 0 aliphatic heterocycles. The van der Waals surface area contributed by atoms with Gasteiger partial charge in [0.1, 0.15) is 5.75 Å². The van der Waals surface area contributed by atoms with E-state index in [2.05, 4.69) is 52.2 Å². The molecule has 1 aliphatic rings. The first kappa shape index (κ1) is 14.4. The highest BCUT2D eigenvalue weighted by molar-refractivity contribution is 5.34. The molecule has 0 amide bonds. The topological polar surface area (TPSA) is 21.3 Å². The van der Waals surface area contributed by atoms with E-state index in [1.807, 2.05) is 12.1 Å². The number of benzene rings is 1. The van der Waals surface area contributed by atoms with E-state index in [-0.39, 0.29) is 0 Å². The van der Waals surface area contributed by atoms with Gasteiger partial charge in [-0.2, -0.15) is 0 Å². The summed E-state index contributed by atoms with van der Waals surface area (Å²) >= 11 is 0. The Morgan fingerprint density at radius 2 is 1.74 bits per heavy atom. The number of rotatable bonds is 5. The molecule has 1 N–H and O–H groups in total. The van der Waals surface area contributed by atoms with Crippen LogP contribution in [0.1, 0.15) is 33.3 Å². The van der Waals surface area contributed by atoms with Crippen LogP contribution >= 0.6 is 0 Å². The quantitative estimate of drug-likeness (QED) is 0.876. The van der Waals surface area contributed by atoms with Gasteiger partial charge in [0.2, 0.25) is 0 Å². The van der Waals surface area contributed by atoms with E-state index in [9.17, 15) is 0 Å². The Kier molecular flexibility index (Phi) is 3.65. The maximum atomic E-state index is 5.47. The van der Waals surface area contributed by atoms with Gasteiger partial charge >= 0.3 is 0 Å². The molecular formula is C17H27NO. The monoisotopic (exact) mass is 261 g/mol. The van der Waals surface area contributed by atoms with Crippen molar-refractivity contribution in [2.24, 2.45) is 16.7 Å². The van der Waals surface area contributed by atoms with Gasteiger partial charge in [-0.05, 0) is 41.8 Å². The highest BCUT2D eigenvalue weighted by Crippen LogP contribution is 2.69. The van der Waals surface area contributed by atoms with Crippen LogP contribution in [0.2, 0.25) is 0 Å². The van der Waals surface area contributed by atoms with Crippen LogP contribution in [0.3, 0.4) is 0 Å². The summed E-state index contributed by atoms with van der Waals surface area (Å²) in [5.74, 6) is 1.70. The first-order valence-electron chi connectivity index (χ1n) is 7.15. The Balaban J connectivity index is 2.17. The van der Waals surface area contributed by atoms with Gasteiger partial charge in [-0.15, -0.1) is 0 Å². The van der Waals surface area contributed by atoms with Crippen molar-refractivity contribution in [2.75, 3.05) is 14.2 Å². The molecule has 19 heavy (non-hydrogen) atoms. The summed E-state index contributed by atoms with van der Waals surface area (Å²) in [5, 5.41) is 3.52. The molecule has 0 bridgehead atoms. The third-order valence-electron chi connectivity index (χ3n) is 5.54. The lowest BCUT2D eigenvalue weighted by molar-refractivity contribution is 0.390. The van der Waals surface area contributed by atoms with Crippen molar-refractivity contribution in [2.45, 2.75) is 40.2 Å². The largest absolute Gasteiger partial charge is 0.496 e. The van der Waals surface area contributed by atoms with Crippen LogP contribution in [0, 0.1) is 16.7 Å². The Morgan fingerprint density at radius 3 is 2.21 bits per heavy atom. The molecule has 1 aromatic carbocycles. The Labute approximate surface area is 117 Å². The van der Waals surface area contributed by atoms with Crippen LogP contribution in [0.25, 0.3) is 0 Å². The van der Waals surface area contributed by atoms with Crippen molar-refractivity contribution in [3.05, 3.63) is 29.8 Å². The van der Waals surface area contributed by atoms with Gasteiger partial charge in [-0.25, -0.2) is 0 Å². The lowest BCUT2D eigenvalue weighted by atomic mass is 9.96. The van der Waals surface area contributed by atoms with Crippen LogP contribution in [0.4, 0.5) is 0 Å².